The Morgan fingerprint density at radius 1 is 1.17 bits per heavy atom. The van der Waals surface area contributed by atoms with E-state index in [9.17, 15) is 4.79 Å². The van der Waals surface area contributed by atoms with Gasteiger partial charge < -0.3 is 20.1 Å². The highest BCUT2D eigenvalue weighted by Gasteiger charge is 2.15. The summed E-state index contributed by atoms with van der Waals surface area (Å²) in [6.07, 6.45) is 0.925. The van der Waals surface area contributed by atoms with Crippen LogP contribution in [0.15, 0.2) is 36.4 Å². The minimum absolute atomic E-state index is 0.107. The van der Waals surface area contributed by atoms with E-state index in [1.165, 1.54) is 5.56 Å². The molecule has 0 atom stereocenters. The van der Waals surface area contributed by atoms with Crippen molar-refractivity contribution in [2.24, 2.45) is 0 Å². The van der Waals surface area contributed by atoms with Crippen LogP contribution in [-0.4, -0.2) is 25.7 Å². The molecule has 0 aliphatic carbocycles. The van der Waals surface area contributed by atoms with Gasteiger partial charge in [0.2, 0.25) is 5.91 Å². The first-order valence-corrected chi connectivity index (χ1v) is 8.25. The van der Waals surface area contributed by atoms with Gasteiger partial charge in [-0.2, -0.15) is 0 Å². The molecule has 1 aliphatic rings. The van der Waals surface area contributed by atoms with E-state index in [4.69, 9.17) is 21.1 Å². The summed E-state index contributed by atoms with van der Waals surface area (Å²) in [7, 11) is 0. The average Bonchev–Trinajstić information content (AvgIpc) is 2.60. The highest BCUT2D eigenvalue weighted by molar-refractivity contribution is 6.33. The third-order valence-electron chi connectivity index (χ3n) is 3.69. The third-order valence-corrected chi connectivity index (χ3v) is 4.00. The zero-order valence-electron chi connectivity index (χ0n) is 13.4. The predicted octanol–water partition coefficient (Wildman–Crippen LogP) is 3.72. The number of aryl methyl sites for hydroxylation is 1. The standard InChI is InChI=1S/C18H19ClN2O3/c1-2-12-4-3-5-13(8-12)21-18(22)11-20-15-10-17-16(9-14(15)19)23-6-7-24-17/h3-5,8-10,20H,2,6-7,11H2,1H3,(H,21,22). The number of carbonyl (C=O) groups excluding carboxylic acids is 1. The molecule has 24 heavy (non-hydrogen) atoms. The molecular formula is C18H19ClN2O3. The molecule has 0 saturated heterocycles. The van der Waals surface area contributed by atoms with Crippen LogP contribution in [-0.2, 0) is 11.2 Å². The summed E-state index contributed by atoms with van der Waals surface area (Å²) in [5, 5.41) is 6.39. The van der Waals surface area contributed by atoms with Crippen LogP contribution >= 0.6 is 11.6 Å². The van der Waals surface area contributed by atoms with E-state index in [1.807, 2.05) is 24.3 Å². The molecule has 0 fully saturated rings. The maximum atomic E-state index is 12.1. The molecule has 126 valence electrons. The highest BCUT2D eigenvalue weighted by atomic mass is 35.5. The lowest BCUT2D eigenvalue weighted by Gasteiger charge is -2.20. The Morgan fingerprint density at radius 3 is 2.67 bits per heavy atom. The molecule has 0 spiro atoms. The van der Waals surface area contributed by atoms with Crippen molar-refractivity contribution in [2.45, 2.75) is 13.3 Å². The topological polar surface area (TPSA) is 59.6 Å². The molecular weight excluding hydrogens is 328 g/mol. The number of anilines is 2. The van der Waals surface area contributed by atoms with Crippen LogP contribution in [0.3, 0.4) is 0 Å². The van der Waals surface area contributed by atoms with Crippen LogP contribution in [0.4, 0.5) is 11.4 Å². The normalized spacial score (nSPS) is 12.6. The van der Waals surface area contributed by atoms with Gasteiger partial charge in [-0.3, -0.25) is 4.79 Å². The third kappa shape index (κ3) is 3.92. The van der Waals surface area contributed by atoms with Gasteiger partial charge in [0.25, 0.3) is 0 Å². The monoisotopic (exact) mass is 346 g/mol. The Bertz CT molecular complexity index is 749. The van der Waals surface area contributed by atoms with Crippen LogP contribution in [0.5, 0.6) is 11.5 Å². The van der Waals surface area contributed by atoms with Gasteiger partial charge in [0.05, 0.1) is 17.3 Å². The summed E-state index contributed by atoms with van der Waals surface area (Å²) < 4.78 is 11.0. The van der Waals surface area contributed by atoms with Crippen LogP contribution in [0.1, 0.15) is 12.5 Å². The fraction of sp³-hybridized carbons (Fsp3) is 0.278. The molecule has 5 nitrogen and oxygen atoms in total. The first-order valence-electron chi connectivity index (χ1n) is 7.87. The van der Waals surface area contributed by atoms with Crippen LogP contribution in [0.2, 0.25) is 5.02 Å². The lowest BCUT2D eigenvalue weighted by molar-refractivity contribution is -0.114. The number of benzene rings is 2. The summed E-state index contributed by atoms with van der Waals surface area (Å²) in [5.41, 5.74) is 2.60. The first-order chi connectivity index (χ1) is 11.7. The molecule has 1 aliphatic heterocycles. The number of fused-ring (bicyclic) bond motifs is 1. The number of hydrogen-bond acceptors (Lipinski definition) is 4. The van der Waals surface area contributed by atoms with E-state index in [1.54, 1.807) is 12.1 Å². The van der Waals surface area contributed by atoms with Crippen molar-refractivity contribution in [2.75, 3.05) is 30.4 Å². The zero-order valence-corrected chi connectivity index (χ0v) is 14.2. The van der Waals surface area contributed by atoms with Gasteiger partial charge in [0, 0.05) is 17.8 Å². The molecule has 3 rings (SSSR count). The van der Waals surface area contributed by atoms with Crippen molar-refractivity contribution < 1.29 is 14.3 Å². The molecule has 0 aromatic heterocycles. The average molecular weight is 347 g/mol. The molecule has 2 aromatic rings. The predicted molar refractivity (Wildman–Crippen MR) is 95.4 cm³/mol. The van der Waals surface area contributed by atoms with Crippen molar-refractivity contribution in [3.05, 3.63) is 47.0 Å². The van der Waals surface area contributed by atoms with Gasteiger partial charge in [0.1, 0.15) is 13.2 Å². The van der Waals surface area contributed by atoms with Crippen molar-refractivity contribution in [3.8, 4) is 11.5 Å². The number of carbonyl (C=O) groups is 1. The number of halogens is 1. The minimum atomic E-state index is -0.144. The molecule has 2 N–H and O–H groups in total. The largest absolute Gasteiger partial charge is 0.486 e. The summed E-state index contributed by atoms with van der Waals surface area (Å²) in [5.74, 6) is 1.11. The second-order valence-electron chi connectivity index (χ2n) is 5.43. The van der Waals surface area contributed by atoms with E-state index >= 15 is 0 Å². The Hall–Kier alpha value is -2.40. The molecule has 0 radical (unpaired) electrons. The molecule has 6 heteroatoms. The second kappa shape index (κ2) is 7.45. The van der Waals surface area contributed by atoms with Crippen molar-refractivity contribution in [1.29, 1.82) is 0 Å². The number of nitrogens with one attached hydrogen (secondary N) is 2. The summed E-state index contributed by atoms with van der Waals surface area (Å²) in [4.78, 5) is 12.1. The summed E-state index contributed by atoms with van der Waals surface area (Å²) >= 11 is 6.21. The molecule has 1 amide bonds. The van der Waals surface area contributed by atoms with Gasteiger partial charge in [-0.15, -0.1) is 0 Å². The Morgan fingerprint density at radius 2 is 1.92 bits per heavy atom. The molecule has 2 aromatic carbocycles. The fourth-order valence-corrected chi connectivity index (χ4v) is 2.67. The zero-order chi connectivity index (χ0) is 16.9. The van der Waals surface area contributed by atoms with Gasteiger partial charge >= 0.3 is 0 Å². The quantitative estimate of drug-likeness (QED) is 0.866. The van der Waals surface area contributed by atoms with E-state index in [-0.39, 0.29) is 12.5 Å². The smallest absolute Gasteiger partial charge is 0.243 e. The maximum absolute atomic E-state index is 12.1. The summed E-state index contributed by atoms with van der Waals surface area (Å²) in [6, 6.07) is 11.2. The SMILES string of the molecule is CCc1cccc(NC(=O)CNc2cc3c(cc2Cl)OCCO3)c1. The lowest BCUT2D eigenvalue weighted by Crippen LogP contribution is -2.22. The van der Waals surface area contributed by atoms with E-state index in [0.29, 0.717) is 35.4 Å². The van der Waals surface area contributed by atoms with Crippen molar-refractivity contribution in [3.63, 3.8) is 0 Å². The van der Waals surface area contributed by atoms with Crippen molar-refractivity contribution in [1.82, 2.24) is 0 Å². The number of ether oxygens (including phenoxy) is 2. The Labute approximate surface area is 145 Å². The first kappa shape index (κ1) is 16.5. The van der Waals surface area contributed by atoms with Gasteiger partial charge in [-0.05, 0) is 24.1 Å². The van der Waals surface area contributed by atoms with E-state index in [0.717, 1.165) is 12.1 Å². The minimum Gasteiger partial charge on any atom is -0.486 e. The van der Waals surface area contributed by atoms with E-state index < -0.39 is 0 Å². The number of amides is 1. The molecule has 0 bridgehead atoms. The van der Waals surface area contributed by atoms with Crippen LogP contribution < -0.4 is 20.1 Å². The second-order valence-corrected chi connectivity index (χ2v) is 5.84. The van der Waals surface area contributed by atoms with Crippen LogP contribution in [0, 0.1) is 0 Å². The fourth-order valence-electron chi connectivity index (χ4n) is 2.45. The Kier molecular flexibility index (Phi) is 5.11. The summed E-state index contributed by atoms with van der Waals surface area (Å²) in [6.45, 7) is 3.19. The molecule has 1 heterocycles. The maximum Gasteiger partial charge on any atom is 0.243 e. The van der Waals surface area contributed by atoms with E-state index in [2.05, 4.69) is 17.6 Å². The number of rotatable bonds is 5. The van der Waals surface area contributed by atoms with Crippen LogP contribution in [0.25, 0.3) is 0 Å². The molecule has 0 unspecified atom stereocenters. The Balaban J connectivity index is 1.61. The van der Waals surface area contributed by atoms with Crippen molar-refractivity contribution >= 4 is 28.9 Å². The highest BCUT2D eigenvalue weighted by Crippen LogP contribution is 2.37. The van der Waals surface area contributed by atoms with Gasteiger partial charge in [0.15, 0.2) is 11.5 Å². The van der Waals surface area contributed by atoms with Gasteiger partial charge in [-0.1, -0.05) is 30.7 Å². The molecule has 0 saturated carbocycles. The lowest BCUT2D eigenvalue weighted by atomic mass is 10.1. The number of hydrogen-bond donors (Lipinski definition) is 2. The van der Waals surface area contributed by atoms with Gasteiger partial charge in [-0.25, -0.2) is 0 Å².